The van der Waals surface area contributed by atoms with Gasteiger partial charge in [0.05, 0.1) is 6.26 Å². The summed E-state index contributed by atoms with van der Waals surface area (Å²) in [6.07, 6.45) is 7.13. The Balaban J connectivity index is 2.49. The number of hydrogen-bond donors (Lipinski definition) is 1. The van der Waals surface area contributed by atoms with Gasteiger partial charge in [-0.1, -0.05) is 20.3 Å². The number of nitrogens with zero attached hydrogens (tertiary/aromatic N) is 1. The van der Waals surface area contributed by atoms with Gasteiger partial charge in [-0.2, -0.15) is 0 Å². The van der Waals surface area contributed by atoms with Gasteiger partial charge in [0.2, 0.25) is 10.0 Å². The third-order valence-electron chi connectivity index (χ3n) is 4.00. The topological polar surface area (TPSA) is 49.4 Å². The first-order valence-electron chi connectivity index (χ1n) is 7.63. The Hall–Kier alpha value is -0.130. The molecule has 1 aliphatic heterocycles. The Bertz CT molecular complexity index is 343. The SMILES string of the molecule is CCCC(CNCC)CC1CCCN(S(C)(=O)=O)C1. The van der Waals surface area contributed by atoms with Gasteiger partial charge in [-0.25, -0.2) is 12.7 Å². The summed E-state index contributed by atoms with van der Waals surface area (Å²) in [5.74, 6) is 1.23. The Morgan fingerprint density at radius 1 is 1.37 bits per heavy atom. The molecule has 0 aromatic rings. The van der Waals surface area contributed by atoms with E-state index >= 15 is 0 Å². The lowest BCUT2D eigenvalue weighted by atomic mass is 9.87. The Labute approximate surface area is 119 Å². The maximum absolute atomic E-state index is 11.6. The first kappa shape index (κ1) is 16.9. The predicted molar refractivity (Wildman–Crippen MR) is 80.7 cm³/mol. The van der Waals surface area contributed by atoms with Crippen LogP contribution in [0.2, 0.25) is 0 Å². The highest BCUT2D eigenvalue weighted by molar-refractivity contribution is 7.88. The average molecular weight is 290 g/mol. The van der Waals surface area contributed by atoms with Crippen LogP contribution < -0.4 is 5.32 Å². The minimum atomic E-state index is -3.01. The van der Waals surface area contributed by atoms with Gasteiger partial charge in [-0.15, -0.1) is 0 Å². The molecule has 2 unspecified atom stereocenters. The van der Waals surface area contributed by atoms with Crippen LogP contribution in [0.3, 0.4) is 0 Å². The van der Waals surface area contributed by atoms with Crippen molar-refractivity contribution in [2.24, 2.45) is 11.8 Å². The third kappa shape index (κ3) is 6.23. The molecular formula is C14H30N2O2S. The standard InChI is InChI=1S/C14H30N2O2S/c1-4-7-13(11-15-5-2)10-14-8-6-9-16(12-14)19(3,17)18/h13-15H,4-12H2,1-3H3. The molecule has 1 rings (SSSR count). The van der Waals surface area contributed by atoms with Crippen LogP contribution in [0, 0.1) is 11.8 Å². The van der Waals surface area contributed by atoms with Crippen LogP contribution in [-0.2, 0) is 10.0 Å². The molecule has 0 bridgehead atoms. The highest BCUT2D eigenvalue weighted by atomic mass is 32.2. The van der Waals surface area contributed by atoms with Crippen molar-refractivity contribution < 1.29 is 8.42 Å². The van der Waals surface area contributed by atoms with E-state index in [1.807, 2.05) is 0 Å². The van der Waals surface area contributed by atoms with Crippen molar-refractivity contribution in [1.29, 1.82) is 0 Å². The van der Waals surface area contributed by atoms with Crippen molar-refractivity contribution in [1.82, 2.24) is 9.62 Å². The smallest absolute Gasteiger partial charge is 0.211 e. The van der Waals surface area contributed by atoms with Gasteiger partial charge in [0, 0.05) is 13.1 Å². The molecule has 114 valence electrons. The van der Waals surface area contributed by atoms with E-state index < -0.39 is 10.0 Å². The summed E-state index contributed by atoms with van der Waals surface area (Å²) in [4.78, 5) is 0. The highest BCUT2D eigenvalue weighted by Gasteiger charge is 2.27. The average Bonchev–Trinajstić information content (AvgIpc) is 2.35. The summed E-state index contributed by atoms with van der Waals surface area (Å²) in [5, 5.41) is 3.43. The van der Waals surface area contributed by atoms with Crippen LogP contribution in [0.5, 0.6) is 0 Å². The molecule has 0 aromatic carbocycles. The fourth-order valence-corrected chi connectivity index (χ4v) is 3.99. The van der Waals surface area contributed by atoms with Gasteiger partial charge in [0.1, 0.15) is 0 Å². The van der Waals surface area contributed by atoms with Crippen molar-refractivity contribution in [3.05, 3.63) is 0 Å². The molecule has 0 aliphatic carbocycles. The van der Waals surface area contributed by atoms with Crippen LogP contribution in [0.4, 0.5) is 0 Å². The molecule has 0 amide bonds. The molecule has 0 radical (unpaired) electrons. The second kappa shape index (κ2) is 8.22. The second-order valence-corrected chi connectivity index (χ2v) is 7.81. The zero-order chi connectivity index (χ0) is 14.3. The summed E-state index contributed by atoms with van der Waals surface area (Å²) in [7, 11) is -3.01. The van der Waals surface area contributed by atoms with Gasteiger partial charge in [-0.3, -0.25) is 0 Å². The van der Waals surface area contributed by atoms with Crippen molar-refractivity contribution in [3.63, 3.8) is 0 Å². The van der Waals surface area contributed by atoms with Gasteiger partial charge < -0.3 is 5.32 Å². The van der Waals surface area contributed by atoms with Gasteiger partial charge in [-0.05, 0) is 50.6 Å². The summed E-state index contributed by atoms with van der Waals surface area (Å²) >= 11 is 0. The lowest BCUT2D eigenvalue weighted by molar-refractivity contribution is 0.223. The van der Waals surface area contributed by atoms with Crippen LogP contribution in [0.25, 0.3) is 0 Å². The maximum Gasteiger partial charge on any atom is 0.211 e. The van der Waals surface area contributed by atoms with E-state index in [0.717, 1.165) is 32.5 Å². The molecule has 1 saturated heterocycles. The molecule has 1 aliphatic rings. The molecule has 0 saturated carbocycles. The van der Waals surface area contributed by atoms with Gasteiger partial charge in [0.15, 0.2) is 0 Å². The third-order valence-corrected chi connectivity index (χ3v) is 5.27. The molecule has 5 heteroatoms. The molecule has 19 heavy (non-hydrogen) atoms. The number of hydrogen-bond acceptors (Lipinski definition) is 3. The Morgan fingerprint density at radius 2 is 2.11 bits per heavy atom. The van der Waals surface area contributed by atoms with E-state index in [0.29, 0.717) is 18.4 Å². The number of nitrogens with one attached hydrogen (secondary N) is 1. The molecule has 1 heterocycles. The maximum atomic E-state index is 11.6. The molecule has 0 spiro atoms. The normalized spacial score (nSPS) is 23.4. The highest BCUT2D eigenvalue weighted by Crippen LogP contribution is 2.26. The van der Waals surface area contributed by atoms with Crippen LogP contribution >= 0.6 is 0 Å². The first-order valence-corrected chi connectivity index (χ1v) is 9.48. The van der Waals surface area contributed by atoms with E-state index in [2.05, 4.69) is 19.2 Å². The molecule has 0 aromatic heterocycles. The van der Waals surface area contributed by atoms with Crippen LogP contribution in [0.1, 0.15) is 46.0 Å². The zero-order valence-corrected chi connectivity index (χ0v) is 13.5. The van der Waals surface area contributed by atoms with Gasteiger partial charge in [0.25, 0.3) is 0 Å². The Kier molecular flexibility index (Phi) is 7.32. The molecular weight excluding hydrogens is 260 g/mol. The minimum absolute atomic E-state index is 0.540. The first-order chi connectivity index (χ1) is 8.97. The van der Waals surface area contributed by atoms with Crippen molar-refractivity contribution in [2.45, 2.75) is 46.0 Å². The quantitative estimate of drug-likeness (QED) is 0.744. The second-order valence-electron chi connectivity index (χ2n) is 5.83. The molecule has 1 N–H and O–H groups in total. The lowest BCUT2D eigenvalue weighted by Crippen LogP contribution is -2.40. The number of rotatable bonds is 8. The minimum Gasteiger partial charge on any atom is -0.317 e. The van der Waals surface area contributed by atoms with Crippen molar-refractivity contribution in [2.75, 3.05) is 32.4 Å². The van der Waals surface area contributed by atoms with Crippen molar-refractivity contribution in [3.8, 4) is 0 Å². The summed E-state index contributed by atoms with van der Waals surface area (Å²) in [6, 6.07) is 0. The zero-order valence-electron chi connectivity index (χ0n) is 12.7. The van der Waals surface area contributed by atoms with E-state index in [-0.39, 0.29) is 0 Å². The number of sulfonamides is 1. The van der Waals surface area contributed by atoms with Crippen LogP contribution in [-0.4, -0.2) is 45.2 Å². The Morgan fingerprint density at radius 3 is 2.68 bits per heavy atom. The largest absolute Gasteiger partial charge is 0.317 e. The van der Waals surface area contributed by atoms with Crippen LogP contribution in [0.15, 0.2) is 0 Å². The van der Waals surface area contributed by atoms with E-state index in [1.54, 1.807) is 4.31 Å². The van der Waals surface area contributed by atoms with E-state index in [9.17, 15) is 8.42 Å². The molecule has 4 nitrogen and oxygen atoms in total. The summed E-state index contributed by atoms with van der Waals surface area (Å²) in [5.41, 5.74) is 0. The number of piperidine rings is 1. The van der Waals surface area contributed by atoms with E-state index in [4.69, 9.17) is 0 Å². The van der Waals surface area contributed by atoms with Crippen molar-refractivity contribution >= 4 is 10.0 Å². The fraction of sp³-hybridized carbons (Fsp3) is 1.00. The fourth-order valence-electron chi connectivity index (χ4n) is 3.05. The van der Waals surface area contributed by atoms with E-state index in [1.165, 1.54) is 25.5 Å². The monoisotopic (exact) mass is 290 g/mol. The molecule has 2 atom stereocenters. The summed E-state index contributed by atoms with van der Waals surface area (Å²) < 4.78 is 24.9. The molecule has 1 fully saturated rings. The predicted octanol–water partition coefficient (Wildman–Crippen LogP) is 2.07. The summed E-state index contributed by atoms with van der Waals surface area (Å²) in [6.45, 7) is 7.88. The lowest BCUT2D eigenvalue weighted by Gasteiger charge is -2.33. The van der Waals surface area contributed by atoms with Gasteiger partial charge >= 0.3 is 0 Å².